The Labute approximate surface area is 167 Å². The fraction of sp³-hybridized carbons (Fsp3) is 0.211. The van der Waals surface area contributed by atoms with E-state index < -0.39 is 11.7 Å². The third-order valence-corrected chi connectivity index (χ3v) is 5.54. The summed E-state index contributed by atoms with van der Waals surface area (Å²) < 4.78 is 45.4. The van der Waals surface area contributed by atoms with Crippen LogP contribution < -0.4 is 0 Å². The van der Waals surface area contributed by atoms with Gasteiger partial charge in [0.2, 0.25) is 0 Å². The van der Waals surface area contributed by atoms with Gasteiger partial charge in [0.1, 0.15) is 17.7 Å². The van der Waals surface area contributed by atoms with E-state index in [1.165, 1.54) is 28.6 Å². The molecule has 1 amide bonds. The third kappa shape index (κ3) is 3.51. The van der Waals surface area contributed by atoms with E-state index in [1.54, 1.807) is 35.2 Å². The summed E-state index contributed by atoms with van der Waals surface area (Å²) in [7, 11) is 1.65. The first-order valence-corrected chi connectivity index (χ1v) is 9.45. The fourth-order valence-electron chi connectivity index (χ4n) is 2.92. The summed E-state index contributed by atoms with van der Waals surface area (Å²) in [6.07, 6.45) is -1.43. The van der Waals surface area contributed by atoms with Crippen LogP contribution in [0.4, 0.5) is 13.2 Å². The van der Waals surface area contributed by atoms with Gasteiger partial charge in [-0.15, -0.1) is 11.3 Å². The molecule has 1 atom stereocenters. The van der Waals surface area contributed by atoms with Crippen LogP contribution in [0.1, 0.15) is 34.7 Å². The van der Waals surface area contributed by atoms with Gasteiger partial charge in [-0.25, -0.2) is 4.98 Å². The summed E-state index contributed by atoms with van der Waals surface area (Å²) in [6, 6.07) is 6.32. The van der Waals surface area contributed by atoms with Gasteiger partial charge in [-0.2, -0.15) is 13.2 Å². The molecule has 10 heteroatoms. The molecule has 3 aromatic heterocycles. The number of rotatable bonds is 4. The second kappa shape index (κ2) is 7.03. The van der Waals surface area contributed by atoms with E-state index in [2.05, 4.69) is 10.1 Å². The number of nitrogens with zero attached hydrogens (tertiary/aromatic N) is 4. The van der Waals surface area contributed by atoms with Gasteiger partial charge in [-0.05, 0) is 19.1 Å². The minimum atomic E-state index is -4.44. The molecule has 0 saturated carbocycles. The lowest BCUT2D eigenvalue weighted by Crippen LogP contribution is -2.30. The van der Waals surface area contributed by atoms with E-state index in [1.807, 2.05) is 6.92 Å². The molecule has 0 saturated heterocycles. The molecular formula is C19H15F3N4O2S. The van der Waals surface area contributed by atoms with Gasteiger partial charge in [0, 0.05) is 30.3 Å². The van der Waals surface area contributed by atoms with Gasteiger partial charge in [0.15, 0.2) is 4.96 Å². The van der Waals surface area contributed by atoms with Gasteiger partial charge >= 0.3 is 6.18 Å². The predicted octanol–water partition coefficient (Wildman–Crippen LogP) is 4.90. The summed E-state index contributed by atoms with van der Waals surface area (Å²) in [5.41, 5.74) is 0.933. The van der Waals surface area contributed by atoms with Crippen LogP contribution in [0.25, 0.3) is 16.2 Å². The first kappa shape index (κ1) is 19.2. The largest absolute Gasteiger partial charge is 0.416 e. The number of carbonyl (C=O) groups is 1. The second-order valence-corrected chi connectivity index (χ2v) is 7.33. The maximum absolute atomic E-state index is 13.0. The second-order valence-electron chi connectivity index (χ2n) is 6.49. The van der Waals surface area contributed by atoms with Crippen molar-refractivity contribution < 1.29 is 22.5 Å². The normalized spacial score (nSPS) is 13.0. The third-order valence-electron chi connectivity index (χ3n) is 4.70. The van der Waals surface area contributed by atoms with Crippen LogP contribution in [0.2, 0.25) is 0 Å². The lowest BCUT2D eigenvalue weighted by atomic mass is 10.1. The number of benzene rings is 1. The smallest absolute Gasteiger partial charge is 0.364 e. The van der Waals surface area contributed by atoms with Crippen molar-refractivity contribution in [1.29, 1.82) is 0 Å². The van der Waals surface area contributed by atoms with Crippen LogP contribution in [0, 0.1) is 0 Å². The summed E-state index contributed by atoms with van der Waals surface area (Å²) >= 11 is 1.24. The van der Waals surface area contributed by atoms with Gasteiger partial charge in [0.05, 0.1) is 17.3 Å². The highest BCUT2D eigenvalue weighted by molar-refractivity contribution is 7.15. The summed E-state index contributed by atoms with van der Waals surface area (Å²) in [4.78, 5) is 19.4. The van der Waals surface area contributed by atoms with Crippen molar-refractivity contribution in [3.8, 4) is 11.3 Å². The maximum Gasteiger partial charge on any atom is 0.416 e. The zero-order chi connectivity index (χ0) is 20.8. The number of thiazole rings is 1. The average Bonchev–Trinajstić information content (AvgIpc) is 3.42. The first-order valence-electron chi connectivity index (χ1n) is 8.57. The number of amides is 1. The first-order chi connectivity index (χ1) is 13.8. The molecule has 29 heavy (non-hydrogen) atoms. The number of carbonyl (C=O) groups excluding carboxylic acids is 1. The van der Waals surface area contributed by atoms with E-state index in [-0.39, 0.29) is 11.9 Å². The Hall–Kier alpha value is -3.14. The Bertz CT molecular complexity index is 1160. The molecule has 0 fully saturated rings. The molecule has 0 radical (unpaired) electrons. The SMILES string of the molecule is C[C@H](c1ccon1)N(C)C(=O)c1csc2nc(-c3cccc(C(F)(F)F)c3)cn12. The van der Waals surface area contributed by atoms with Crippen LogP contribution in [0.15, 0.2) is 52.7 Å². The van der Waals surface area contributed by atoms with Crippen LogP contribution in [-0.4, -0.2) is 32.4 Å². The Morgan fingerprint density at radius 2 is 2.10 bits per heavy atom. The molecule has 0 unspecified atom stereocenters. The molecule has 150 valence electrons. The van der Waals surface area contributed by atoms with E-state index in [0.29, 0.717) is 27.6 Å². The zero-order valence-electron chi connectivity index (χ0n) is 15.3. The van der Waals surface area contributed by atoms with Gasteiger partial charge in [-0.3, -0.25) is 9.20 Å². The number of fused-ring (bicyclic) bond motifs is 1. The summed E-state index contributed by atoms with van der Waals surface area (Å²) in [5.74, 6) is -0.264. The minimum absolute atomic E-state index is 0.264. The van der Waals surface area contributed by atoms with Crippen molar-refractivity contribution in [1.82, 2.24) is 19.4 Å². The molecule has 4 rings (SSSR count). The van der Waals surface area contributed by atoms with Crippen molar-refractivity contribution in [2.75, 3.05) is 7.05 Å². The summed E-state index contributed by atoms with van der Waals surface area (Å²) in [6.45, 7) is 1.82. The van der Waals surface area contributed by atoms with E-state index in [9.17, 15) is 18.0 Å². The molecule has 1 aromatic carbocycles. The Kier molecular flexibility index (Phi) is 4.65. The van der Waals surface area contributed by atoms with Crippen molar-refractivity contribution in [3.05, 3.63) is 65.1 Å². The lowest BCUT2D eigenvalue weighted by molar-refractivity contribution is -0.137. The Morgan fingerprint density at radius 3 is 2.79 bits per heavy atom. The van der Waals surface area contributed by atoms with Crippen molar-refractivity contribution in [2.24, 2.45) is 0 Å². The molecule has 6 nitrogen and oxygen atoms in total. The number of hydrogen-bond donors (Lipinski definition) is 0. The monoisotopic (exact) mass is 420 g/mol. The molecule has 4 aromatic rings. The lowest BCUT2D eigenvalue weighted by Gasteiger charge is -2.22. The molecule has 0 N–H and O–H groups in total. The van der Waals surface area contributed by atoms with Crippen LogP contribution in [0.5, 0.6) is 0 Å². The van der Waals surface area contributed by atoms with Crippen LogP contribution in [-0.2, 0) is 6.18 Å². The number of hydrogen-bond acceptors (Lipinski definition) is 5. The van der Waals surface area contributed by atoms with E-state index in [4.69, 9.17) is 4.52 Å². The quantitative estimate of drug-likeness (QED) is 0.471. The predicted molar refractivity (Wildman–Crippen MR) is 101 cm³/mol. The Balaban J connectivity index is 1.67. The molecule has 0 aliphatic rings. The number of halogens is 3. The Morgan fingerprint density at radius 1 is 1.31 bits per heavy atom. The van der Waals surface area contributed by atoms with Crippen LogP contribution >= 0.6 is 11.3 Å². The molecule has 3 heterocycles. The van der Waals surface area contributed by atoms with Crippen molar-refractivity contribution >= 4 is 22.2 Å². The summed E-state index contributed by atoms with van der Waals surface area (Å²) in [5, 5.41) is 5.53. The number of aromatic nitrogens is 3. The number of alkyl halides is 3. The standard InChI is InChI=1S/C19H15F3N4O2S/c1-11(14-6-7-28-24-14)25(2)17(27)16-10-29-18-23-15(9-26(16)18)12-4-3-5-13(8-12)19(20,21)22/h3-11H,1-2H3/t11-/m1/s1. The highest BCUT2D eigenvalue weighted by Gasteiger charge is 2.31. The fourth-order valence-corrected chi connectivity index (χ4v) is 3.77. The zero-order valence-corrected chi connectivity index (χ0v) is 16.2. The van der Waals surface area contributed by atoms with Crippen LogP contribution in [0.3, 0.4) is 0 Å². The van der Waals surface area contributed by atoms with Gasteiger partial charge in [-0.1, -0.05) is 17.3 Å². The number of imidazole rings is 1. The van der Waals surface area contributed by atoms with Crippen molar-refractivity contribution in [2.45, 2.75) is 19.1 Å². The van der Waals surface area contributed by atoms with E-state index in [0.717, 1.165) is 12.1 Å². The van der Waals surface area contributed by atoms with Crippen molar-refractivity contribution in [3.63, 3.8) is 0 Å². The molecule has 0 spiro atoms. The molecule has 0 bridgehead atoms. The van der Waals surface area contributed by atoms with Gasteiger partial charge in [0.25, 0.3) is 5.91 Å². The highest BCUT2D eigenvalue weighted by Crippen LogP contribution is 2.32. The maximum atomic E-state index is 13.0. The minimum Gasteiger partial charge on any atom is -0.364 e. The molecular weight excluding hydrogens is 405 g/mol. The highest BCUT2D eigenvalue weighted by atomic mass is 32.1. The van der Waals surface area contributed by atoms with E-state index >= 15 is 0 Å². The topological polar surface area (TPSA) is 63.6 Å². The molecule has 0 aliphatic carbocycles. The van der Waals surface area contributed by atoms with Gasteiger partial charge < -0.3 is 9.42 Å². The average molecular weight is 420 g/mol. The molecule has 0 aliphatic heterocycles.